The van der Waals surface area contributed by atoms with Crippen LogP contribution in [-0.2, 0) is 4.79 Å². The molecule has 1 heterocycles. The van der Waals surface area contributed by atoms with Gasteiger partial charge in [-0.2, -0.15) is 0 Å². The number of hydrogen-bond donors (Lipinski definition) is 1. The number of rotatable bonds is 3. The highest BCUT2D eigenvalue weighted by atomic mass is 35.5. The van der Waals surface area contributed by atoms with Crippen LogP contribution < -0.4 is 10.2 Å². The molecule has 1 N–H and O–H groups in total. The van der Waals surface area contributed by atoms with Crippen molar-refractivity contribution in [2.45, 2.75) is 12.8 Å². The summed E-state index contributed by atoms with van der Waals surface area (Å²) in [5.41, 5.74) is 1.74. The van der Waals surface area contributed by atoms with Crippen LogP contribution in [-0.4, -0.2) is 18.4 Å². The molecule has 23 heavy (non-hydrogen) atoms. The van der Waals surface area contributed by atoms with Crippen LogP contribution >= 0.6 is 23.2 Å². The van der Waals surface area contributed by atoms with E-state index in [2.05, 4.69) is 5.32 Å². The Bertz CT molecular complexity index is 777. The molecule has 2 aromatic rings. The number of nitrogens with one attached hydrogen (secondary N) is 1. The third-order valence-corrected chi connectivity index (χ3v) is 4.21. The molecule has 0 radical (unpaired) electrons. The fraction of sp³-hybridized carbons (Fsp3) is 0.176. The zero-order chi connectivity index (χ0) is 16.4. The van der Waals surface area contributed by atoms with Crippen LogP contribution in [0.3, 0.4) is 0 Å². The molecule has 0 bridgehead atoms. The molecule has 0 aromatic heterocycles. The summed E-state index contributed by atoms with van der Waals surface area (Å²) in [6.07, 6.45) is 1.42. The van der Waals surface area contributed by atoms with Gasteiger partial charge < -0.3 is 10.2 Å². The Morgan fingerprint density at radius 3 is 2.65 bits per heavy atom. The van der Waals surface area contributed by atoms with Gasteiger partial charge in [-0.3, -0.25) is 9.59 Å². The molecule has 0 atom stereocenters. The maximum Gasteiger partial charge on any atom is 0.257 e. The number of amides is 2. The van der Waals surface area contributed by atoms with Crippen molar-refractivity contribution in [1.82, 2.24) is 0 Å². The SMILES string of the molecule is O=C(Nc1cccc(N2CCCC2=O)c1)c1ccc(Cl)cc1Cl. The highest BCUT2D eigenvalue weighted by molar-refractivity contribution is 6.37. The molecule has 1 aliphatic heterocycles. The van der Waals surface area contributed by atoms with Gasteiger partial charge in [0.05, 0.1) is 10.6 Å². The number of nitrogens with zero attached hydrogens (tertiary/aromatic N) is 1. The lowest BCUT2D eigenvalue weighted by Gasteiger charge is -2.17. The van der Waals surface area contributed by atoms with Gasteiger partial charge in [-0.15, -0.1) is 0 Å². The Hall–Kier alpha value is -2.04. The van der Waals surface area contributed by atoms with Crippen molar-refractivity contribution in [3.63, 3.8) is 0 Å². The Balaban J connectivity index is 1.80. The van der Waals surface area contributed by atoms with Gasteiger partial charge in [-0.25, -0.2) is 0 Å². The number of carbonyl (C=O) groups excluding carboxylic acids is 2. The van der Waals surface area contributed by atoms with Crippen molar-refractivity contribution >= 4 is 46.4 Å². The second kappa shape index (κ2) is 6.60. The Morgan fingerprint density at radius 2 is 1.96 bits per heavy atom. The summed E-state index contributed by atoms with van der Waals surface area (Å²) in [4.78, 5) is 25.9. The summed E-state index contributed by atoms with van der Waals surface area (Å²) in [6, 6.07) is 11.9. The molecular formula is C17H14Cl2N2O2. The average Bonchev–Trinajstić information content (AvgIpc) is 2.93. The average molecular weight is 349 g/mol. The fourth-order valence-electron chi connectivity index (χ4n) is 2.54. The maximum atomic E-state index is 12.3. The number of carbonyl (C=O) groups is 2. The first-order valence-electron chi connectivity index (χ1n) is 7.21. The molecule has 6 heteroatoms. The summed E-state index contributed by atoms with van der Waals surface area (Å²) in [5.74, 6) is -0.217. The third-order valence-electron chi connectivity index (χ3n) is 3.66. The zero-order valence-electron chi connectivity index (χ0n) is 12.2. The molecular weight excluding hydrogens is 335 g/mol. The molecule has 1 saturated heterocycles. The standard InChI is InChI=1S/C17H14Cl2N2O2/c18-11-6-7-14(15(19)9-11)17(23)20-12-3-1-4-13(10-12)21-8-2-5-16(21)22/h1,3-4,6-7,9-10H,2,5,8H2,(H,20,23). The molecule has 118 valence electrons. The summed E-state index contributed by atoms with van der Waals surface area (Å²) >= 11 is 11.9. The fourth-order valence-corrected chi connectivity index (χ4v) is 3.04. The first-order valence-corrected chi connectivity index (χ1v) is 7.97. The van der Waals surface area contributed by atoms with Crippen LogP contribution in [0.15, 0.2) is 42.5 Å². The summed E-state index contributed by atoms with van der Waals surface area (Å²) in [6.45, 7) is 0.708. The highest BCUT2D eigenvalue weighted by Crippen LogP contribution is 2.26. The maximum absolute atomic E-state index is 12.3. The van der Waals surface area contributed by atoms with Crippen LogP contribution in [0.2, 0.25) is 10.0 Å². The van der Waals surface area contributed by atoms with E-state index in [1.807, 2.05) is 6.07 Å². The van der Waals surface area contributed by atoms with E-state index < -0.39 is 0 Å². The number of hydrogen-bond acceptors (Lipinski definition) is 2. The van der Waals surface area contributed by atoms with E-state index in [9.17, 15) is 9.59 Å². The molecule has 0 aliphatic carbocycles. The van der Waals surface area contributed by atoms with Gasteiger partial charge in [0.15, 0.2) is 0 Å². The summed E-state index contributed by atoms with van der Waals surface area (Å²) in [7, 11) is 0. The van der Waals surface area contributed by atoms with Crippen LogP contribution in [0, 0.1) is 0 Å². The minimum Gasteiger partial charge on any atom is -0.322 e. The van der Waals surface area contributed by atoms with Crippen LogP contribution in [0.25, 0.3) is 0 Å². The lowest BCUT2D eigenvalue weighted by molar-refractivity contribution is -0.117. The molecule has 4 nitrogen and oxygen atoms in total. The molecule has 3 rings (SSSR count). The van der Waals surface area contributed by atoms with Gasteiger partial charge in [0.1, 0.15) is 0 Å². The van der Waals surface area contributed by atoms with Gasteiger partial charge in [0.25, 0.3) is 5.91 Å². The first-order chi connectivity index (χ1) is 11.0. The molecule has 1 aliphatic rings. The van der Waals surface area contributed by atoms with E-state index in [0.717, 1.165) is 12.1 Å². The first kappa shape index (κ1) is 15.8. The second-order valence-corrected chi connectivity index (χ2v) is 6.12. The minimum absolute atomic E-state index is 0.106. The van der Waals surface area contributed by atoms with E-state index in [4.69, 9.17) is 23.2 Å². The second-order valence-electron chi connectivity index (χ2n) is 5.28. The Labute approximate surface area is 144 Å². The molecule has 0 unspecified atom stereocenters. The lowest BCUT2D eigenvalue weighted by atomic mass is 10.2. The predicted octanol–water partition coefficient (Wildman–Crippen LogP) is 4.37. The van der Waals surface area contributed by atoms with Crippen LogP contribution in [0.4, 0.5) is 11.4 Å². The van der Waals surface area contributed by atoms with Crippen LogP contribution in [0.5, 0.6) is 0 Å². The van der Waals surface area contributed by atoms with Gasteiger partial charge >= 0.3 is 0 Å². The molecule has 2 amide bonds. The Kier molecular flexibility index (Phi) is 4.55. The third kappa shape index (κ3) is 3.49. The van der Waals surface area contributed by atoms with Crippen molar-refractivity contribution in [2.75, 3.05) is 16.8 Å². The monoisotopic (exact) mass is 348 g/mol. The van der Waals surface area contributed by atoms with E-state index in [1.165, 1.54) is 6.07 Å². The van der Waals surface area contributed by atoms with Crippen molar-refractivity contribution in [3.8, 4) is 0 Å². The summed E-state index contributed by atoms with van der Waals surface area (Å²) in [5, 5.41) is 3.56. The number of anilines is 2. The van der Waals surface area contributed by atoms with E-state index in [1.54, 1.807) is 35.2 Å². The van der Waals surface area contributed by atoms with Gasteiger partial charge in [-0.05, 0) is 42.8 Å². The van der Waals surface area contributed by atoms with Gasteiger partial charge in [0.2, 0.25) is 5.91 Å². The smallest absolute Gasteiger partial charge is 0.257 e. The quantitative estimate of drug-likeness (QED) is 0.894. The van der Waals surface area contributed by atoms with Crippen molar-refractivity contribution in [2.24, 2.45) is 0 Å². The summed E-state index contributed by atoms with van der Waals surface area (Å²) < 4.78 is 0. The Morgan fingerprint density at radius 1 is 1.13 bits per heavy atom. The number of halogens is 2. The molecule has 2 aromatic carbocycles. The predicted molar refractivity (Wildman–Crippen MR) is 92.4 cm³/mol. The van der Waals surface area contributed by atoms with Crippen molar-refractivity contribution in [1.29, 1.82) is 0 Å². The van der Waals surface area contributed by atoms with Gasteiger partial charge in [0, 0.05) is 29.4 Å². The highest BCUT2D eigenvalue weighted by Gasteiger charge is 2.22. The lowest BCUT2D eigenvalue weighted by Crippen LogP contribution is -2.23. The molecule has 0 spiro atoms. The molecule has 1 fully saturated rings. The molecule has 0 saturated carbocycles. The van der Waals surface area contributed by atoms with Crippen LogP contribution in [0.1, 0.15) is 23.2 Å². The van der Waals surface area contributed by atoms with E-state index in [-0.39, 0.29) is 11.8 Å². The largest absolute Gasteiger partial charge is 0.322 e. The van der Waals surface area contributed by atoms with E-state index >= 15 is 0 Å². The minimum atomic E-state index is -0.323. The topological polar surface area (TPSA) is 49.4 Å². The van der Waals surface area contributed by atoms with Crippen molar-refractivity contribution in [3.05, 3.63) is 58.1 Å². The van der Waals surface area contributed by atoms with Gasteiger partial charge in [-0.1, -0.05) is 29.3 Å². The number of benzene rings is 2. The normalized spacial score (nSPS) is 14.2. The zero-order valence-corrected chi connectivity index (χ0v) is 13.7. The van der Waals surface area contributed by atoms with Crippen molar-refractivity contribution < 1.29 is 9.59 Å². The van der Waals surface area contributed by atoms with E-state index in [0.29, 0.717) is 34.3 Å².